The molecular weight excluding hydrogens is 312 g/mol. The topological polar surface area (TPSA) is 58.7 Å². The van der Waals surface area contributed by atoms with Crippen LogP contribution < -0.4 is 10.5 Å². The Balaban J connectivity index is 1.71. The molecule has 0 saturated heterocycles. The Morgan fingerprint density at radius 1 is 1.08 bits per heavy atom. The molecule has 0 spiro atoms. The first-order chi connectivity index (χ1) is 12.1. The van der Waals surface area contributed by atoms with Crippen molar-refractivity contribution in [2.75, 3.05) is 7.05 Å². The largest absolute Gasteiger partial charge is 0.488 e. The van der Waals surface area contributed by atoms with E-state index in [4.69, 9.17) is 10.5 Å². The Labute approximate surface area is 150 Å². The monoisotopic (exact) mass is 340 g/mol. The number of nitrogens with two attached hydrogens (primary N) is 1. The van der Waals surface area contributed by atoms with Gasteiger partial charge in [-0.2, -0.15) is 0 Å². The van der Waals surface area contributed by atoms with E-state index in [1.807, 2.05) is 43.4 Å². The Morgan fingerprint density at radius 2 is 1.76 bits per heavy atom. The molecule has 0 heterocycles. The van der Waals surface area contributed by atoms with Crippen LogP contribution in [0.15, 0.2) is 54.6 Å². The van der Waals surface area contributed by atoms with Gasteiger partial charge in [0.2, 0.25) is 0 Å². The highest BCUT2D eigenvalue weighted by Crippen LogP contribution is 2.27. The summed E-state index contributed by atoms with van der Waals surface area (Å²) in [5.74, 6) is 0.794. The van der Waals surface area contributed by atoms with Crippen LogP contribution in [0, 0.1) is 6.92 Å². The third-order valence-corrected chi connectivity index (χ3v) is 5.17. The summed E-state index contributed by atoms with van der Waals surface area (Å²) in [6, 6.07) is 17.8. The van der Waals surface area contributed by atoms with Gasteiger partial charge in [-0.25, -0.2) is 0 Å². The van der Waals surface area contributed by atoms with Crippen molar-refractivity contribution >= 4 is 0 Å². The van der Waals surface area contributed by atoms with Crippen LogP contribution >= 0.6 is 0 Å². The number of likely N-dealkylation sites (N-methyl/N-ethyl adjacent to an activating group) is 1. The molecule has 1 aliphatic rings. The maximum atomic E-state index is 10.9. The van der Waals surface area contributed by atoms with E-state index in [1.165, 1.54) is 11.1 Å². The zero-order chi connectivity index (χ0) is 17.8. The number of aliphatic hydroxyl groups excluding tert-OH is 1. The molecule has 0 unspecified atom stereocenters. The van der Waals surface area contributed by atoms with Crippen molar-refractivity contribution in [1.82, 2.24) is 4.90 Å². The van der Waals surface area contributed by atoms with E-state index in [9.17, 15) is 5.11 Å². The Bertz CT molecular complexity index is 677. The fourth-order valence-corrected chi connectivity index (χ4v) is 3.72. The van der Waals surface area contributed by atoms with E-state index in [-0.39, 0.29) is 18.2 Å². The van der Waals surface area contributed by atoms with Crippen LogP contribution in [0.2, 0.25) is 0 Å². The van der Waals surface area contributed by atoms with Gasteiger partial charge in [0, 0.05) is 12.6 Å². The van der Waals surface area contributed by atoms with Crippen LogP contribution in [-0.2, 0) is 6.54 Å². The fourth-order valence-electron chi connectivity index (χ4n) is 3.72. The lowest BCUT2D eigenvalue weighted by Gasteiger charge is -2.43. The first-order valence-corrected chi connectivity index (χ1v) is 8.96. The lowest BCUT2D eigenvalue weighted by atomic mass is 9.85. The average Bonchev–Trinajstić information content (AvgIpc) is 2.60. The van der Waals surface area contributed by atoms with Gasteiger partial charge < -0.3 is 15.6 Å². The van der Waals surface area contributed by atoms with Crippen LogP contribution in [-0.4, -0.2) is 41.3 Å². The number of hydrogen-bond acceptors (Lipinski definition) is 4. The molecule has 0 amide bonds. The lowest BCUT2D eigenvalue weighted by Crippen LogP contribution is -2.60. The van der Waals surface area contributed by atoms with Crippen molar-refractivity contribution < 1.29 is 9.84 Å². The SMILES string of the molecule is Cc1ccccc1CN(C)[C@@H]1[C@@H](O)[C@H](Oc2ccccc2)CC[C@H]1N. The Kier molecular flexibility index (Phi) is 5.74. The van der Waals surface area contributed by atoms with Crippen molar-refractivity contribution in [3.8, 4) is 5.75 Å². The van der Waals surface area contributed by atoms with Crippen LogP contribution in [0.4, 0.5) is 0 Å². The standard InChI is InChI=1S/C21H28N2O2/c1-15-8-6-7-9-16(15)14-23(2)20-18(22)12-13-19(21(20)24)25-17-10-4-3-5-11-17/h3-11,18-21,24H,12-14,22H2,1-2H3/t18-,19-,20+,21+/m1/s1. The van der Waals surface area contributed by atoms with Gasteiger partial charge >= 0.3 is 0 Å². The van der Waals surface area contributed by atoms with Gasteiger partial charge in [-0.15, -0.1) is 0 Å². The number of rotatable bonds is 5. The Hall–Kier alpha value is -1.88. The number of benzene rings is 2. The number of aryl methyl sites for hydroxylation is 1. The predicted molar refractivity (Wildman–Crippen MR) is 101 cm³/mol. The van der Waals surface area contributed by atoms with E-state index in [2.05, 4.69) is 30.0 Å². The zero-order valence-corrected chi connectivity index (χ0v) is 15.0. The van der Waals surface area contributed by atoms with Crippen LogP contribution in [0.25, 0.3) is 0 Å². The fraction of sp³-hybridized carbons (Fsp3) is 0.429. The van der Waals surface area contributed by atoms with Gasteiger partial charge in [0.15, 0.2) is 0 Å². The summed E-state index contributed by atoms with van der Waals surface area (Å²) in [5.41, 5.74) is 8.88. The highest BCUT2D eigenvalue weighted by molar-refractivity contribution is 5.26. The molecule has 0 aromatic heterocycles. The second-order valence-electron chi connectivity index (χ2n) is 7.03. The number of aliphatic hydroxyl groups is 1. The summed E-state index contributed by atoms with van der Waals surface area (Å²) in [6.45, 7) is 2.88. The first kappa shape index (κ1) is 17.9. The molecule has 0 radical (unpaired) electrons. The molecule has 3 N–H and O–H groups in total. The smallest absolute Gasteiger partial charge is 0.126 e. The zero-order valence-electron chi connectivity index (χ0n) is 15.0. The van der Waals surface area contributed by atoms with Crippen molar-refractivity contribution in [3.63, 3.8) is 0 Å². The summed E-state index contributed by atoms with van der Waals surface area (Å²) in [7, 11) is 2.03. The molecule has 25 heavy (non-hydrogen) atoms. The molecule has 4 atom stereocenters. The molecule has 2 aromatic carbocycles. The summed E-state index contributed by atoms with van der Waals surface area (Å²) < 4.78 is 6.04. The second-order valence-corrected chi connectivity index (χ2v) is 7.03. The highest BCUT2D eigenvalue weighted by Gasteiger charge is 2.40. The van der Waals surface area contributed by atoms with Crippen LogP contribution in [0.3, 0.4) is 0 Å². The maximum Gasteiger partial charge on any atom is 0.126 e. The molecule has 4 heteroatoms. The molecule has 134 valence electrons. The molecule has 3 rings (SSSR count). The molecule has 1 aliphatic carbocycles. The molecule has 4 nitrogen and oxygen atoms in total. The van der Waals surface area contributed by atoms with Crippen molar-refractivity contribution in [2.24, 2.45) is 5.73 Å². The highest BCUT2D eigenvalue weighted by atomic mass is 16.5. The minimum Gasteiger partial charge on any atom is -0.488 e. The van der Waals surface area contributed by atoms with E-state index in [0.717, 1.165) is 25.1 Å². The second kappa shape index (κ2) is 8.00. The van der Waals surface area contributed by atoms with Crippen molar-refractivity contribution in [1.29, 1.82) is 0 Å². The van der Waals surface area contributed by atoms with Crippen LogP contribution in [0.1, 0.15) is 24.0 Å². The molecule has 2 aromatic rings. The predicted octanol–water partition coefficient (Wildman–Crippen LogP) is 2.73. The average molecular weight is 340 g/mol. The minimum absolute atomic E-state index is 0.0559. The van der Waals surface area contributed by atoms with E-state index < -0.39 is 6.10 Å². The van der Waals surface area contributed by atoms with E-state index >= 15 is 0 Å². The molecule has 0 bridgehead atoms. The number of hydrogen-bond donors (Lipinski definition) is 2. The van der Waals surface area contributed by atoms with Gasteiger partial charge in [0.05, 0.1) is 6.04 Å². The molecule has 0 aliphatic heterocycles. The summed E-state index contributed by atoms with van der Waals surface area (Å²) >= 11 is 0. The molecule has 1 fully saturated rings. The summed E-state index contributed by atoms with van der Waals surface area (Å²) in [5, 5.41) is 10.9. The van der Waals surface area contributed by atoms with Gasteiger partial charge in [-0.1, -0.05) is 42.5 Å². The Morgan fingerprint density at radius 3 is 2.48 bits per heavy atom. The number of para-hydroxylation sites is 1. The van der Waals surface area contributed by atoms with Gasteiger partial charge in [0.25, 0.3) is 0 Å². The summed E-state index contributed by atoms with van der Waals surface area (Å²) in [4.78, 5) is 2.16. The third kappa shape index (κ3) is 4.21. The first-order valence-electron chi connectivity index (χ1n) is 8.96. The van der Waals surface area contributed by atoms with Crippen molar-refractivity contribution in [3.05, 3.63) is 65.7 Å². The van der Waals surface area contributed by atoms with Gasteiger partial charge in [-0.05, 0) is 50.1 Å². The number of nitrogens with zero attached hydrogens (tertiary/aromatic N) is 1. The van der Waals surface area contributed by atoms with E-state index in [0.29, 0.717) is 0 Å². The van der Waals surface area contributed by atoms with Gasteiger partial charge in [-0.3, -0.25) is 4.90 Å². The maximum absolute atomic E-state index is 10.9. The minimum atomic E-state index is -0.613. The third-order valence-electron chi connectivity index (χ3n) is 5.17. The number of ether oxygens (including phenoxy) is 1. The molecule has 1 saturated carbocycles. The van der Waals surface area contributed by atoms with Crippen molar-refractivity contribution in [2.45, 2.75) is 50.6 Å². The lowest BCUT2D eigenvalue weighted by molar-refractivity contribution is -0.0569. The van der Waals surface area contributed by atoms with Crippen LogP contribution in [0.5, 0.6) is 5.75 Å². The van der Waals surface area contributed by atoms with Gasteiger partial charge in [0.1, 0.15) is 18.0 Å². The summed E-state index contributed by atoms with van der Waals surface area (Å²) in [6.07, 6.45) is 0.771. The normalized spacial score (nSPS) is 26.6. The molecular formula is C21H28N2O2. The van der Waals surface area contributed by atoms with E-state index in [1.54, 1.807) is 0 Å². The quantitative estimate of drug-likeness (QED) is 0.879.